The molecule has 18 heavy (non-hydrogen) atoms. The first-order valence-electron chi connectivity index (χ1n) is 7.20. The Balaban J connectivity index is 1.89. The number of rotatable bonds is 4. The van der Waals surface area contributed by atoms with E-state index < -0.39 is 5.97 Å². The molecular formula is C14H23NO3. The van der Waals surface area contributed by atoms with Crippen molar-refractivity contribution in [3.63, 3.8) is 0 Å². The monoisotopic (exact) mass is 253 g/mol. The summed E-state index contributed by atoms with van der Waals surface area (Å²) in [5.41, 5.74) is 0. The molecule has 0 spiro atoms. The lowest BCUT2D eigenvalue weighted by Gasteiger charge is -2.34. The molecule has 1 aliphatic heterocycles. The molecule has 0 radical (unpaired) electrons. The Morgan fingerprint density at radius 2 is 1.72 bits per heavy atom. The number of carboxylic acid groups (broad SMARTS) is 1. The number of amides is 1. The van der Waals surface area contributed by atoms with Gasteiger partial charge in [-0.1, -0.05) is 19.3 Å². The molecule has 0 aromatic carbocycles. The maximum Gasteiger partial charge on any atom is 0.303 e. The van der Waals surface area contributed by atoms with Crippen molar-refractivity contribution in [1.82, 2.24) is 4.90 Å². The maximum absolute atomic E-state index is 12.1. The van der Waals surface area contributed by atoms with Crippen molar-refractivity contribution in [2.75, 3.05) is 6.54 Å². The average Bonchev–Trinajstić information content (AvgIpc) is 2.86. The van der Waals surface area contributed by atoms with E-state index in [1.165, 1.54) is 32.1 Å². The van der Waals surface area contributed by atoms with Crippen molar-refractivity contribution in [2.45, 2.75) is 63.8 Å². The van der Waals surface area contributed by atoms with E-state index in [9.17, 15) is 9.59 Å². The standard InChI is InChI=1S/C14H23NO3/c16-13(8-9-14(17)18)15-10-4-7-12(15)11-5-2-1-3-6-11/h11-12H,1-10H2,(H,17,18). The topological polar surface area (TPSA) is 57.6 Å². The summed E-state index contributed by atoms with van der Waals surface area (Å²) >= 11 is 0. The van der Waals surface area contributed by atoms with Gasteiger partial charge in [0.2, 0.25) is 5.91 Å². The lowest BCUT2D eigenvalue weighted by molar-refractivity contribution is -0.141. The molecule has 1 aliphatic carbocycles. The Morgan fingerprint density at radius 1 is 1.00 bits per heavy atom. The van der Waals surface area contributed by atoms with E-state index in [1.54, 1.807) is 0 Å². The highest BCUT2D eigenvalue weighted by Gasteiger charge is 2.34. The minimum Gasteiger partial charge on any atom is -0.481 e. The van der Waals surface area contributed by atoms with Gasteiger partial charge in [-0.15, -0.1) is 0 Å². The summed E-state index contributed by atoms with van der Waals surface area (Å²) in [6.45, 7) is 0.833. The van der Waals surface area contributed by atoms with E-state index in [0.717, 1.165) is 19.4 Å². The number of carboxylic acids is 1. The van der Waals surface area contributed by atoms with Crippen LogP contribution in [0.2, 0.25) is 0 Å². The Labute approximate surface area is 108 Å². The van der Waals surface area contributed by atoms with Crippen molar-refractivity contribution < 1.29 is 14.7 Å². The Hall–Kier alpha value is -1.06. The highest BCUT2D eigenvalue weighted by molar-refractivity contribution is 5.81. The number of carbonyl (C=O) groups is 2. The van der Waals surface area contributed by atoms with Gasteiger partial charge in [-0.2, -0.15) is 0 Å². The van der Waals surface area contributed by atoms with Crippen LogP contribution in [0.15, 0.2) is 0 Å². The molecule has 1 N–H and O–H groups in total. The van der Waals surface area contributed by atoms with Crippen molar-refractivity contribution in [3.8, 4) is 0 Å². The van der Waals surface area contributed by atoms with Crippen molar-refractivity contribution in [2.24, 2.45) is 5.92 Å². The quantitative estimate of drug-likeness (QED) is 0.837. The van der Waals surface area contributed by atoms with Gasteiger partial charge in [0.05, 0.1) is 6.42 Å². The van der Waals surface area contributed by atoms with Gasteiger partial charge in [0.25, 0.3) is 0 Å². The third kappa shape index (κ3) is 3.24. The van der Waals surface area contributed by atoms with Gasteiger partial charge in [0.1, 0.15) is 0 Å². The minimum atomic E-state index is -0.878. The molecule has 1 saturated carbocycles. The molecule has 1 saturated heterocycles. The summed E-state index contributed by atoms with van der Waals surface area (Å²) in [5, 5.41) is 8.65. The van der Waals surface area contributed by atoms with Crippen LogP contribution in [0.1, 0.15) is 57.8 Å². The molecule has 2 rings (SSSR count). The van der Waals surface area contributed by atoms with Crippen LogP contribution in [0.5, 0.6) is 0 Å². The van der Waals surface area contributed by atoms with Crippen molar-refractivity contribution in [3.05, 3.63) is 0 Å². The summed E-state index contributed by atoms with van der Waals surface area (Å²) in [6.07, 6.45) is 8.72. The minimum absolute atomic E-state index is 0.0350. The second kappa shape index (κ2) is 6.21. The molecule has 0 aromatic heterocycles. The van der Waals surface area contributed by atoms with Gasteiger partial charge in [-0.05, 0) is 31.6 Å². The number of nitrogens with zero attached hydrogens (tertiary/aromatic N) is 1. The van der Waals surface area contributed by atoms with Crippen LogP contribution in [0, 0.1) is 5.92 Å². The Bertz CT molecular complexity index is 310. The van der Waals surface area contributed by atoms with Crippen molar-refractivity contribution in [1.29, 1.82) is 0 Å². The molecule has 4 nitrogen and oxygen atoms in total. The van der Waals surface area contributed by atoms with Crippen molar-refractivity contribution >= 4 is 11.9 Å². The SMILES string of the molecule is O=C(O)CCC(=O)N1CCCC1C1CCCCC1. The van der Waals surface area contributed by atoms with Crippen LogP contribution in [-0.4, -0.2) is 34.5 Å². The molecule has 102 valence electrons. The first kappa shape index (κ1) is 13.4. The Morgan fingerprint density at radius 3 is 2.39 bits per heavy atom. The summed E-state index contributed by atoms with van der Waals surface area (Å²) in [4.78, 5) is 24.6. The summed E-state index contributed by atoms with van der Waals surface area (Å²) in [6, 6.07) is 0.395. The molecule has 0 bridgehead atoms. The van der Waals surface area contributed by atoms with Gasteiger partial charge in [-0.25, -0.2) is 0 Å². The van der Waals surface area contributed by atoms with Gasteiger partial charge < -0.3 is 10.0 Å². The van der Waals surface area contributed by atoms with E-state index in [-0.39, 0.29) is 18.7 Å². The van der Waals surface area contributed by atoms with E-state index in [2.05, 4.69) is 0 Å². The zero-order chi connectivity index (χ0) is 13.0. The molecule has 2 aliphatic rings. The summed E-state index contributed by atoms with van der Waals surface area (Å²) in [5.74, 6) is -0.169. The second-order valence-electron chi connectivity index (χ2n) is 5.59. The molecule has 1 heterocycles. The fourth-order valence-corrected chi connectivity index (χ4v) is 3.47. The van der Waals surface area contributed by atoms with Gasteiger partial charge in [0.15, 0.2) is 0 Å². The molecule has 1 amide bonds. The van der Waals surface area contributed by atoms with Crippen LogP contribution >= 0.6 is 0 Å². The van der Waals surface area contributed by atoms with E-state index in [1.807, 2.05) is 4.90 Å². The first-order chi connectivity index (χ1) is 8.68. The molecule has 4 heteroatoms. The van der Waals surface area contributed by atoms with Crippen LogP contribution < -0.4 is 0 Å². The second-order valence-corrected chi connectivity index (χ2v) is 5.59. The fraction of sp³-hybridized carbons (Fsp3) is 0.857. The molecule has 2 fully saturated rings. The molecule has 1 unspecified atom stereocenters. The predicted molar refractivity (Wildman–Crippen MR) is 68.2 cm³/mol. The largest absolute Gasteiger partial charge is 0.481 e. The number of carbonyl (C=O) groups excluding carboxylic acids is 1. The fourth-order valence-electron chi connectivity index (χ4n) is 3.47. The number of hydrogen-bond acceptors (Lipinski definition) is 2. The molecule has 1 atom stereocenters. The normalized spacial score (nSPS) is 25.3. The first-order valence-corrected chi connectivity index (χ1v) is 7.20. The smallest absolute Gasteiger partial charge is 0.303 e. The molecular weight excluding hydrogens is 230 g/mol. The predicted octanol–water partition coefficient (Wildman–Crippen LogP) is 2.42. The zero-order valence-electron chi connectivity index (χ0n) is 10.9. The third-order valence-corrected chi connectivity index (χ3v) is 4.37. The lowest BCUT2D eigenvalue weighted by Crippen LogP contribution is -2.40. The number of hydrogen-bond donors (Lipinski definition) is 1. The third-order valence-electron chi connectivity index (χ3n) is 4.37. The van der Waals surface area contributed by atoms with E-state index >= 15 is 0 Å². The van der Waals surface area contributed by atoms with Gasteiger partial charge >= 0.3 is 5.97 Å². The van der Waals surface area contributed by atoms with Crippen LogP contribution in [0.4, 0.5) is 0 Å². The lowest BCUT2D eigenvalue weighted by atomic mass is 9.83. The number of aliphatic carboxylic acids is 1. The van der Waals surface area contributed by atoms with Crippen LogP contribution in [0.3, 0.4) is 0 Å². The zero-order valence-corrected chi connectivity index (χ0v) is 10.9. The molecule has 0 aromatic rings. The summed E-state index contributed by atoms with van der Waals surface area (Å²) in [7, 11) is 0. The van der Waals surface area contributed by atoms with E-state index in [0.29, 0.717) is 12.0 Å². The Kier molecular flexibility index (Phi) is 4.61. The average molecular weight is 253 g/mol. The maximum atomic E-state index is 12.1. The number of likely N-dealkylation sites (tertiary alicyclic amines) is 1. The van der Waals surface area contributed by atoms with Crippen LogP contribution in [-0.2, 0) is 9.59 Å². The highest BCUT2D eigenvalue weighted by Crippen LogP contribution is 2.34. The highest BCUT2D eigenvalue weighted by atomic mass is 16.4. The summed E-state index contributed by atoms with van der Waals surface area (Å²) < 4.78 is 0. The van der Waals surface area contributed by atoms with Gasteiger partial charge in [-0.3, -0.25) is 9.59 Å². The van der Waals surface area contributed by atoms with E-state index in [4.69, 9.17) is 5.11 Å². The van der Waals surface area contributed by atoms with Gasteiger partial charge in [0, 0.05) is 19.0 Å². The van der Waals surface area contributed by atoms with Crippen LogP contribution in [0.25, 0.3) is 0 Å².